The van der Waals surface area contributed by atoms with Gasteiger partial charge in [-0.25, -0.2) is 0 Å². The Balaban J connectivity index is 1.96. The zero-order valence-corrected chi connectivity index (χ0v) is 13.6. The highest BCUT2D eigenvalue weighted by molar-refractivity contribution is 5.63. The minimum absolute atomic E-state index is 0.212. The zero-order valence-electron chi connectivity index (χ0n) is 13.6. The van der Waals surface area contributed by atoms with Crippen molar-refractivity contribution in [2.45, 2.75) is 18.9 Å². The van der Waals surface area contributed by atoms with Crippen LogP contribution in [0, 0.1) is 0 Å². The summed E-state index contributed by atoms with van der Waals surface area (Å²) >= 11 is 0. The van der Waals surface area contributed by atoms with Crippen LogP contribution in [0.3, 0.4) is 0 Å². The third kappa shape index (κ3) is 3.54. The fraction of sp³-hybridized carbons (Fsp3) is 0.316. The average molecular weight is 310 g/mol. The van der Waals surface area contributed by atoms with Crippen LogP contribution in [-0.2, 0) is 0 Å². The largest absolute Gasteiger partial charge is 0.497 e. The topological polar surface area (TPSA) is 43.4 Å². The van der Waals surface area contributed by atoms with Crippen molar-refractivity contribution in [1.82, 2.24) is 10.3 Å². The number of hydrogen-bond donors (Lipinski definition) is 1. The molecular weight excluding hydrogens is 288 g/mol. The summed E-state index contributed by atoms with van der Waals surface area (Å²) in [4.78, 5) is 4.25. The molecule has 23 heavy (non-hydrogen) atoms. The zero-order chi connectivity index (χ0) is 16.1. The summed E-state index contributed by atoms with van der Waals surface area (Å²) in [6.07, 6.45) is 8.18. The molecule has 0 unspecified atom stereocenters. The van der Waals surface area contributed by atoms with Crippen molar-refractivity contribution in [1.29, 1.82) is 0 Å². The van der Waals surface area contributed by atoms with Crippen molar-refractivity contribution in [2.75, 3.05) is 20.8 Å². The van der Waals surface area contributed by atoms with E-state index in [1.54, 1.807) is 14.2 Å². The van der Waals surface area contributed by atoms with Gasteiger partial charge in [-0.2, -0.15) is 0 Å². The van der Waals surface area contributed by atoms with Crippen molar-refractivity contribution in [3.05, 3.63) is 59.4 Å². The van der Waals surface area contributed by atoms with Gasteiger partial charge in [0.25, 0.3) is 0 Å². The van der Waals surface area contributed by atoms with Crippen molar-refractivity contribution in [3.8, 4) is 11.5 Å². The van der Waals surface area contributed by atoms with Crippen LogP contribution in [0.25, 0.3) is 6.08 Å². The molecule has 0 aliphatic carbocycles. The number of hydrogen-bond acceptors (Lipinski definition) is 4. The van der Waals surface area contributed by atoms with E-state index >= 15 is 0 Å². The van der Waals surface area contributed by atoms with E-state index in [1.807, 2.05) is 36.7 Å². The summed E-state index contributed by atoms with van der Waals surface area (Å²) < 4.78 is 10.8. The number of methoxy groups -OCH3 is 2. The maximum atomic E-state index is 5.51. The molecule has 1 saturated heterocycles. The summed E-state index contributed by atoms with van der Waals surface area (Å²) in [6.45, 7) is 1.02. The quantitative estimate of drug-likeness (QED) is 0.937. The van der Waals surface area contributed by atoms with Gasteiger partial charge in [-0.1, -0.05) is 12.1 Å². The lowest BCUT2D eigenvalue weighted by Gasteiger charge is -2.27. The second-order valence-electron chi connectivity index (χ2n) is 5.60. The molecule has 0 saturated carbocycles. The molecule has 1 aliphatic rings. The fourth-order valence-electron chi connectivity index (χ4n) is 2.99. The molecule has 0 amide bonds. The highest BCUT2D eigenvalue weighted by atomic mass is 16.5. The Kier molecular flexibility index (Phi) is 4.93. The van der Waals surface area contributed by atoms with Gasteiger partial charge in [0, 0.05) is 24.0 Å². The molecule has 120 valence electrons. The van der Waals surface area contributed by atoms with Gasteiger partial charge in [-0.05, 0) is 48.7 Å². The molecule has 0 radical (unpaired) electrons. The molecule has 0 bridgehead atoms. The van der Waals surface area contributed by atoms with Gasteiger partial charge in [0.15, 0.2) is 0 Å². The lowest BCUT2D eigenvalue weighted by atomic mass is 9.91. The van der Waals surface area contributed by atoms with Gasteiger partial charge in [-0.3, -0.25) is 4.98 Å². The van der Waals surface area contributed by atoms with Gasteiger partial charge in [0.05, 0.1) is 20.3 Å². The summed E-state index contributed by atoms with van der Waals surface area (Å²) in [5.74, 6) is 1.63. The van der Waals surface area contributed by atoms with Crippen LogP contribution in [0.1, 0.15) is 30.0 Å². The molecule has 4 nitrogen and oxygen atoms in total. The molecule has 1 fully saturated rings. The first kappa shape index (κ1) is 15.6. The van der Waals surface area contributed by atoms with Crippen LogP contribution >= 0.6 is 0 Å². The van der Waals surface area contributed by atoms with E-state index in [0.717, 1.165) is 36.4 Å². The fourth-order valence-corrected chi connectivity index (χ4v) is 2.99. The first-order chi connectivity index (χ1) is 11.3. The van der Waals surface area contributed by atoms with Gasteiger partial charge in [-0.15, -0.1) is 0 Å². The van der Waals surface area contributed by atoms with E-state index in [0.29, 0.717) is 0 Å². The molecular formula is C19H22N2O2. The summed E-state index contributed by atoms with van der Waals surface area (Å²) in [7, 11) is 3.35. The van der Waals surface area contributed by atoms with Crippen molar-refractivity contribution < 1.29 is 9.47 Å². The number of benzene rings is 1. The average Bonchev–Trinajstić information content (AvgIpc) is 2.63. The number of pyridine rings is 1. The van der Waals surface area contributed by atoms with Crippen LogP contribution in [0.15, 0.2) is 48.3 Å². The van der Waals surface area contributed by atoms with Gasteiger partial charge < -0.3 is 14.8 Å². The molecule has 1 aliphatic heterocycles. The van der Waals surface area contributed by atoms with E-state index in [9.17, 15) is 0 Å². The predicted molar refractivity (Wildman–Crippen MR) is 91.7 cm³/mol. The van der Waals surface area contributed by atoms with Crippen LogP contribution in [0.2, 0.25) is 0 Å². The predicted octanol–water partition coefficient (Wildman–Crippen LogP) is 3.61. The van der Waals surface area contributed by atoms with E-state index in [-0.39, 0.29) is 6.04 Å². The molecule has 1 atom stereocenters. The molecule has 3 rings (SSSR count). The monoisotopic (exact) mass is 310 g/mol. The molecule has 1 aromatic carbocycles. The maximum Gasteiger partial charge on any atom is 0.129 e. The highest BCUT2D eigenvalue weighted by Gasteiger charge is 2.20. The second kappa shape index (κ2) is 7.29. The Labute approximate surface area is 137 Å². The van der Waals surface area contributed by atoms with Gasteiger partial charge in [0.2, 0.25) is 0 Å². The number of nitrogens with zero attached hydrogens (tertiary/aromatic N) is 1. The first-order valence-corrected chi connectivity index (χ1v) is 7.87. The van der Waals surface area contributed by atoms with Crippen molar-refractivity contribution in [2.24, 2.45) is 0 Å². The summed E-state index contributed by atoms with van der Waals surface area (Å²) in [5.41, 5.74) is 3.62. The Hall–Kier alpha value is -2.33. The number of ether oxygens (including phenoxy) is 2. The van der Waals surface area contributed by atoms with Crippen LogP contribution in [0.4, 0.5) is 0 Å². The van der Waals surface area contributed by atoms with E-state index in [1.165, 1.54) is 11.1 Å². The van der Waals surface area contributed by atoms with Crippen LogP contribution in [0.5, 0.6) is 11.5 Å². The van der Waals surface area contributed by atoms with Gasteiger partial charge in [0.1, 0.15) is 11.5 Å². The van der Waals surface area contributed by atoms with Crippen molar-refractivity contribution in [3.63, 3.8) is 0 Å². The Bertz CT molecular complexity index is 683. The molecule has 4 heteroatoms. The number of rotatable bonds is 4. The Morgan fingerprint density at radius 3 is 2.87 bits per heavy atom. The van der Waals surface area contributed by atoms with E-state index in [2.05, 4.69) is 22.4 Å². The molecule has 2 heterocycles. The van der Waals surface area contributed by atoms with Crippen LogP contribution in [-0.4, -0.2) is 25.7 Å². The van der Waals surface area contributed by atoms with Crippen LogP contribution < -0.4 is 14.8 Å². The Morgan fingerprint density at radius 2 is 2.13 bits per heavy atom. The smallest absolute Gasteiger partial charge is 0.129 e. The summed E-state index contributed by atoms with van der Waals surface area (Å²) in [5, 5.41) is 3.59. The number of aromatic nitrogens is 1. The standard InChI is InChI=1S/C19H22N2O2/c1-22-17-8-7-14(18(12-17)23-2)11-15-5-4-10-21-19(15)16-6-3-9-20-13-16/h3,6-9,11-13,19,21H,4-5,10H2,1-2H3/b15-11+/t19-/m0/s1. The molecule has 1 N–H and O–H groups in total. The minimum Gasteiger partial charge on any atom is -0.497 e. The molecule has 1 aromatic heterocycles. The SMILES string of the molecule is COc1ccc(/C=C2\CCCN[C@@H]2c2cccnc2)c(OC)c1. The summed E-state index contributed by atoms with van der Waals surface area (Å²) in [6, 6.07) is 10.2. The lowest BCUT2D eigenvalue weighted by molar-refractivity contribution is 0.393. The third-order valence-corrected chi connectivity index (χ3v) is 4.16. The van der Waals surface area contributed by atoms with E-state index in [4.69, 9.17) is 9.47 Å². The first-order valence-electron chi connectivity index (χ1n) is 7.87. The third-order valence-electron chi connectivity index (χ3n) is 4.16. The number of piperidine rings is 1. The second-order valence-corrected chi connectivity index (χ2v) is 5.60. The molecule has 2 aromatic rings. The number of nitrogens with one attached hydrogen (secondary N) is 1. The molecule has 0 spiro atoms. The maximum absolute atomic E-state index is 5.51. The minimum atomic E-state index is 0.212. The Morgan fingerprint density at radius 1 is 1.22 bits per heavy atom. The van der Waals surface area contributed by atoms with Crippen molar-refractivity contribution >= 4 is 6.08 Å². The van der Waals surface area contributed by atoms with E-state index < -0.39 is 0 Å². The lowest BCUT2D eigenvalue weighted by Crippen LogP contribution is -2.28. The van der Waals surface area contributed by atoms with Gasteiger partial charge >= 0.3 is 0 Å². The normalized spacial score (nSPS) is 19.6. The highest BCUT2D eigenvalue weighted by Crippen LogP contribution is 2.33.